The Kier molecular flexibility index (Phi) is 10.1. The van der Waals surface area contributed by atoms with Gasteiger partial charge >= 0.3 is 0 Å². The lowest BCUT2D eigenvalue weighted by molar-refractivity contribution is -0.136. The Hall–Kier alpha value is -6.71. The van der Waals surface area contributed by atoms with Gasteiger partial charge < -0.3 is 35.7 Å². The molecule has 294 valence electrons. The van der Waals surface area contributed by atoms with Gasteiger partial charge in [0.25, 0.3) is 11.8 Å². The van der Waals surface area contributed by atoms with E-state index in [0.29, 0.717) is 66.2 Å². The monoisotopic (exact) mass is 775 g/mol. The summed E-state index contributed by atoms with van der Waals surface area (Å²) < 4.78 is 17.9. The van der Waals surface area contributed by atoms with Crippen LogP contribution in [-0.2, 0) is 14.4 Å². The number of nitrogen functional groups attached to an aromatic ring is 1. The Morgan fingerprint density at radius 3 is 2.39 bits per heavy atom. The van der Waals surface area contributed by atoms with Crippen LogP contribution in [0, 0.1) is 17.3 Å². The zero-order chi connectivity index (χ0) is 39.7. The molecular formula is C41H41N7O9. The first kappa shape index (κ1) is 37.2. The van der Waals surface area contributed by atoms with Gasteiger partial charge in [0.05, 0.1) is 29.7 Å². The normalized spacial score (nSPS) is 22.0. The van der Waals surface area contributed by atoms with E-state index in [9.17, 15) is 29.1 Å². The molecule has 57 heavy (non-hydrogen) atoms. The van der Waals surface area contributed by atoms with Gasteiger partial charge in [0, 0.05) is 36.3 Å². The molecule has 1 saturated heterocycles. The lowest BCUT2D eigenvalue weighted by Crippen LogP contribution is -2.54. The molecule has 0 radical (unpaired) electrons. The van der Waals surface area contributed by atoms with Gasteiger partial charge in [0.2, 0.25) is 17.7 Å². The number of phenolic OH excluding ortho intramolecular Hbond substituents is 1. The maximum absolute atomic E-state index is 13.3. The van der Waals surface area contributed by atoms with Gasteiger partial charge in [-0.1, -0.05) is 24.3 Å². The summed E-state index contributed by atoms with van der Waals surface area (Å²) in [5.41, 5.74) is 7.42. The number of fused-ring (bicyclic) bond motifs is 2. The summed E-state index contributed by atoms with van der Waals surface area (Å²) in [6.45, 7) is 1.52. The largest absolute Gasteiger partial charge is 0.507 e. The number of aromatic nitrogens is 2. The second-order valence-corrected chi connectivity index (χ2v) is 14.7. The molecule has 2 unspecified atom stereocenters. The highest BCUT2D eigenvalue weighted by Gasteiger charge is 2.60. The Bertz CT molecular complexity index is 2260. The van der Waals surface area contributed by atoms with Crippen molar-refractivity contribution >= 4 is 41.0 Å². The summed E-state index contributed by atoms with van der Waals surface area (Å²) in [4.78, 5) is 64.7. The quantitative estimate of drug-likeness (QED) is 0.0865. The van der Waals surface area contributed by atoms with Crippen LogP contribution in [0.15, 0.2) is 72.8 Å². The third-order valence-corrected chi connectivity index (χ3v) is 11.1. The maximum atomic E-state index is 13.3. The molecule has 1 aromatic heterocycles. The Morgan fingerprint density at radius 1 is 0.877 bits per heavy atom. The molecule has 2 aliphatic heterocycles. The number of carbonyl (C=O) groups is 5. The van der Waals surface area contributed by atoms with Crippen LogP contribution in [0.1, 0.15) is 52.8 Å². The van der Waals surface area contributed by atoms with E-state index in [1.165, 1.54) is 0 Å². The SMILES string of the molecule is Nc1nnc(-c2ccccc2O)cc1OCC1CC2(C(=O)NCCOc3cccc(OCCNc4cccc5c4C(=O)N(C4CCC(=O)NC4=O)C5=O)c3)CC1C2. The van der Waals surface area contributed by atoms with E-state index in [-0.39, 0.29) is 60.6 Å². The number of ether oxygens (including phenoxy) is 3. The van der Waals surface area contributed by atoms with Crippen LogP contribution in [-0.4, -0.2) is 88.7 Å². The molecule has 2 bridgehead atoms. The number of nitrogens with two attached hydrogens (primary N) is 1. The number of benzene rings is 3. The van der Waals surface area contributed by atoms with E-state index in [4.69, 9.17) is 19.9 Å². The average Bonchev–Trinajstić information content (AvgIpc) is 3.83. The average molecular weight is 776 g/mol. The molecule has 4 aromatic rings. The number of nitrogens with one attached hydrogen (secondary N) is 3. The number of imide groups is 2. The fraction of sp³-hybridized carbons (Fsp3) is 0.341. The third-order valence-electron chi connectivity index (χ3n) is 11.1. The predicted molar refractivity (Wildman–Crippen MR) is 204 cm³/mol. The number of phenols is 1. The summed E-state index contributed by atoms with van der Waals surface area (Å²) >= 11 is 0. The highest BCUT2D eigenvalue weighted by atomic mass is 16.5. The van der Waals surface area contributed by atoms with Crippen molar-refractivity contribution in [2.75, 3.05) is 44.0 Å². The predicted octanol–water partition coefficient (Wildman–Crippen LogP) is 3.31. The molecule has 3 saturated carbocycles. The van der Waals surface area contributed by atoms with Gasteiger partial charge in [-0.2, -0.15) is 0 Å². The van der Waals surface area contributed by atoms with Gasteiger partial charge in [0.15, 0.2) is 11.6 Å². The summed E-state index contributed by atoms with van der Waals surface area (Å²) in [7, 11) is 0. The van der Waals surface area contributed by atoms with E-state index in [0.717, 1.165) is 17.7 Å². The molecule has 6 N–H and O–H groups in total. The van der Waals surface area contributed by atoms with Crippen LogP contribution < -0.4 is 35.9 Å². The number of rotatable bonds is 15. The molecule has 0 spiro atoms. The molecule has 4 fully saturated rings. The van der Waals surface area contributed by atoms with Crippen LogP contribution >= 0.6 is 0 Å². The minimum absolute atomic E-state index is 0.0140. The molecule has 3 aliphatic carbocycles. The minimum Gasteiger partial charge on any atom is -0.507 e. The minimum atomic E-state index is -1.04. The number of nitrogens with zero attached hydrogens (tertiary/aromatic N) is 3. The molecule has 2 atom stereocenters. The number of aromatic hydroxyl groups is 1. The van der Waals surface area contributed by atoms with Crippen molar-refractivity contribution in [2.24, 2.45) is 17.3 Å². The molecule has 16 nitrogen and oxygen atoms in total. The first-order valence-corrected chi connectivity index (χ1v) is 18.9. The van der Waals surface area contributed by atoms with Crippen LogP contribution in [0.25, 0.3) is 11.3 Å². The van der Waals surface area contributed by atoms with Crippen molar-refractivity contribution in [1.29, 1.82) is 0 Å². The summed E-state index contributed by atoms with van der Waals surface area (Å²) in [6, 6.07) is 19.5. The fourth-order valence-corrected chi connectivity index (χ4v) is 8.30. The molecule has 5 aliphatic rings. The zero-order valence-corrected chi connectivity index (χ0v) is 30.9. The van der Waals surface area contributed by atoms with Crippen molar-refractivity contribution in [2.45, 2.75) is 38.1 Å². The zero-order valence-electron chi connectivity index (χ0n) is 30.9. The van der Waals surface area contributed by atoms with Crippen molar-refractivity contribution < 1.29 is 43.3 Å². The number of para-hydroxylation sites is 1. The van der Waals surface area contributed by atoms with Gasteiger partial charge in [-0.25, -0.2) is 0 Å². The summed E-state index contributed by atoms with van der Waals surface area (Å²) in [5.74, 6) is 0.110. The lowest BCUT2D eigenvalue weighted by atomic mass is 9.68. The standard InChI is InChI=1S/C41H41N7O9/c42-36-33(18-30(46-47-36)27-7-1-2-10-32(27)49)57-22-24-21-41(19-23(24)20-41)40(54)44-14-16-56-26-6-3-5-25(17-26)55-15-13-43-29-9-4-8-28-35(29)39(53)48(38(28)52)31-11-12-34(50)45-37(31)51/h1-10,17-18,23-24,31,43,49H,11-16,19-22H2,(H2,42,47)(H,44,54)(H,45,50,51). The van der Waals surface area contributed by atoms with Crippen molar-refractivity contribution in [3.63, 3.8) is 0 Å². The number of carbonyl (C=O) groups excluding carboxylic acids is 5. The summed E-state index contributed by atoms with van der Waals surface area (Å²) in [5, 5.41) is 26.7. The third kappa shape index (κ3) is 7.37. The Morgan fingerprint density at radius 2 is 1.61 bits per heavy atom. The topological polar surface area (TPSA) is 224 Å². The summed E-state index contributed by atoms with van der Waals surface area (Å²) in [6.07, 6.45) is 2.45. The van der Waals surface area contributed by atoms with E-state index >= 15 is 0 Å². The lowest BCUT2D eigenvalue weighted by Gasteiger charge is -2.37. The van der Waals surface area contributed by atoms with Crippen LogP contribution in [0.4, 0.5) is 11.5 Å². The number of hydrogen-bond acceptors (Lipinski definition) is 13. The number of amides is 5. The second-order valence-electron chi connectivity index (χ2n) is 14.7. The second kappa shape index (κ2) is 15.4. The van der Waals surface area contributed by atoms with E-state index in [1.54, 1.807) is 72.8 Å². The number of anilines is 2. The van der Waals surface area contributed by atoms with Crippen molar-refractivity contribution in [3.8, 4) is 34.3 Å². The van der Waals surface area contributed by atoms with Crippen LogP contribution in [0.3, 0.4) is 0 Å². The van der Waals surface area contributed by atoms with E-state index in [1.807, 2.05) is 0 Å². The highest BCUT2D eigenvalue weighted by molar-refractivity contribution is 6.25. The molecule has 9 rings (SSSR count). The molecular weight excluding hydrogens is 734 g/mol. The van der Waals surface area contributed by atoms with Crippen LogP contribution in [0.5, 0.6) is 23.0 Å². The van der Waals surface area contributed by atoms with Gasteiger partial charge in [-0.15, -0.1) is 10.2 Å². The smallest absolute Gasteiger partial charge is 0.264 e. The van der Waals surface area contributed by atoms with Crippen molar-refractivity contribution in [1.82, 2.24) is 25.7 Å². The van der Waals surface area contributed by atoms with E-state index in [2.05, 4.69) is 26.1 Å². The molecule has 3 aromatic carbocycles. The van der Waals surface area contributed by atoms with Crippen LogP contribution in [0.2, 0.25) is 0 Å². The van der Waals surface area contributed by atoms with E-state index < -0.39 is 35.1 Å². The molecule has 3 heterocycles. The Balaban J connectivity index is 0.764. The van der Waals surface area contributed by atoms with Gasteiger partial charge in [0.1, 0.15) is 42.2 Å². The number of hydrogen-bond donors (Lipinski definition) is 5. The first-order chi connectivity index (χ1) is 27.6. The number of piperidine rings is 1. The van der Waals surface area contributed by atoms with Gasteiger partial charge in [-0.05, 0) is 73.9 Å². The van der Waals surface area contributed by atoms with Crippen molar-refractivity contribution in [3.05, 3.63) is 83.9 Å². The molecule has 5 amide bonds. The Labute approximate surface area is 327 Å². The first-order valence-electron chi connectivity index (χ1n) is 18.9. The molecule has 16 heteroatoms. The fourth-order valence-electron chi connectivity index (χ4n) is 8.30. The van der Waals surface area contributed by atoms with Gasteiger partial charge in [-0.3, -0.25) is 34.2 Å². The highest BCUT2D eigenvalue weighted by Crippen LogP contribution is 2.62. The maximum Gasteiger partial charge on any atom is 0.264 e.